The third kappa shape index (κ3) is 2.48. The Labute approximate surface area is 180 Å². The van der Waals surface area contributed by atoms with E-state index < -0.39 is 17.4 Å². The molecule has 0 fully saturated rings. The smallest absolute Gasteiger partial charge is 0.332 e. The van der Waals surface area contributed by atoms with Crippen LogP contribution < -0.4 is 0 Å². The van der Waals surface area contributed by atoms with E-state index in [9.17, 15) is 9.59 Å². The van der Waals surface area contributed by atoms with E-state index in [1.807, 2.05) is 66.7 Å². The molecule has 0 unspecified atom stereocenters. The van der Waals surface area contributed by atoms with Crippen LogP contribution in [0.5, 0.6) is 0 Å². The number of hydrogen-bond donors (Lipinski definition) is 0. The van der Waals surface area contributed by atoms with Crippen LogP contribution in [-0.4, -0.2) is 25.2 Å². The van der Waals surface area contributed by atoms with Crippen molar-refractivity contribution >= 4 is 33.5 Å². The van der Waals surface area contributed by atoms with Crippen molar-refractivity contribution in [2.24, 2.45) is 0 Å². The fraction of sp³-hybridized carbons (Fsp3) is 0.185. The van der Waals surface area contributed by atoms with Crippen LogP contribution in [0.1, 0.15) is 25.0 Å². The number of carbonyl (C=O) groups is 2. The molecule has 4 heteroatoms. The lowest BCUT2D eigenvalue weighted by molar-refractivity contribution is -0.162. The monoisotopic (exact) mass is 410 g/mol. The number of benzene rings is 4. The van der Waals surface area contributed by atoms with Gasteiger partial charge >= 0.3 is 11.9 Å². The predicted octanol–water partition coefficient (Wildman–Crippen LogP) is 5.39. The fourth-order valence-corrected chi connectivity index (χ4v) is 4.96. The van der Waals surface area contributed by atoms with Gasteiger partial charge < -0.3 is 9.47 Å². The van der Waals surface area contributed by atoms with Crippen LogP contribution in [0.15, 0.2) is 72.8 Å². The zero-order valence-corrected chi connectivity index (χ0v) is 17.5. The number of hydrogen-bond acceptors (Lipinski definition) is 4. The Bertz CT molecular complexity index is 1330. The summed E-state index contributed by atoms with van der Waals surface area (Å²) >= 11 is 0. The van der Waals surface area contributed by atoms with Gasteiger partial charge in [-0.15, -0.1) is 0 Å². The van der Waals surface area contributed by atoms with Gasteiger partial charge in [-0.3, -0.25) is 9.59 Å². The highest BCUT2D eigenvalue weighted by molar-refractivity contribution is 6.26. The second-order valence-electron chi connectivity index (χ2n) is 7.58. The summed E-state index contributed by atoms with van der Waals surface area (Å²) in [5.74, 6) is -1.19. The van der Waals surface area contributed by atoms with E-state index >= 15 is 0 Å². The Balaban J connectivity index is 2.06. The van der Waals surface area contributed by atoms with Crippen LogP contribution in [0.25, 0.3) is 32.7 Å². The normalized spacial score (nSPS) is 13.6. The molecule has 1 aliphatic rings. The number of rotatable bonds is 4. The second kappa shape index (κ2) is 7.24. The van der Waals surface area contributed by atoms with Crippen molar-refractivity contribution in [3.8, 4) is 11.1 Å². The lowest BCUT2D eigenvalue weighted by Gasteiger charge is -2.28. The summed E-state index contributed by atoms with van der Waals surface area (Å²) in [6.07, 6.45) is 0. The van der Waals surface area contributed by atoms with Crippen molar-refractivity contribution in [1.82, 2.24) is 0 Å². The van der Waals surface area contributed by atoms with Crippen LogP contribution in [0.2, 0.25) is 0 Å². The molecule has 0 bridgehead atoms. The average Bonchev–Trinajstić information content (AvgIpc) is 3.12. The van der Waals surface area contributed by atoms with Gasteiger partial charge in [0.1, 0.15) is 0 Å². The third-order valence-electron chi connectivity index (χ3n) is 6.07. The first kappa shape index (κ1) is 19.3. The molecule has 0 radical (unpaired) electrons. The number of esters is 2. The third-order valence-corrected chi connectivity index (χ3v) is 6.07. The van der Waals surface area contributed by atoms with Gasteiger partial charge in [0.15, 0.2) is 0 Å². The molecule has 0 saturated heterocycles. The molecule has 1 aliphatic carbocycles. The largest absolute Gasteiger partial charge is 0.465 e. The van der Waals surface area contributed by atoms with E-state index in [1.54, 1.807) is 13.8 Å². The van der Waals surface area contributed by atoms with E-state index in [-0.39, 0.29) is 13.2 Å². The summed E-state index contributed by atoms with van der Waals surface area (Å²) in [7, 11) is 0. The lowest BCUT2D eigenvalue weighted by Crippen LogP contribution is -2.46. The van der Waals surface area contributed by atoms with Crippen LogP contribution in [0.3, 0.4) is 0 Å². The average molecular weight is 410 g/mol. The minimum absolute atomic E-state index is 0.170. The quantitative estimate of drug-likeness (QED) is 0.257. The molecule has 0 aromatic heterocycles. The first-order valence-electron chi connectivity index (χ1n) is 10.5. The first-order valence-corrected chi connectivity index (χ1v) is 10.5. The molecule has 0 aliphatic heterocycles. The van der Waals surface area contributed by atoms with Crippen LogP contribution in [0, 0.1) is 0 Å². The highest BCUT2D eigenvalue weighted by atomic mass is 16.6. The summed E-state index contributed by atoms with van der Waals surface area (Å²) in [5, 5.41) is 3.92. The van der Waals surface area contributed by atoms with Gasteiger partial charge in [-0.05, 0) is 52.1 Å². The summed E-state index contributed by atoms with van der Waals surface area (Å²) in [6, 6.07) is 23.6. The van der Waals surface area contributed by atoms with Crippen molar-refractivity contribution in [2.45, 2.75) is 19.3 Å². The van der Waals surface area contributed by atoms with Gasteiger partial charge in [0, 0.05) is 5.56 Å². The maximum absolute atomic E-state index is 13.7. The van der Waals surface area contributed by atoms with E-state index in [1.165, 1.54) is 0 Å². The Morgan fingerprint density at radius 2 is 1.16 bits per heavy atom. The SMILES string of the molecule is CCOC(=O)C1(C(=O)OCC)c2ccccc2-c2c1c1ccccc1c1ccccc21. The molecule has 4 aromatic rings. The maximum atomic E-state index is 13.7. The number of fused-ring (bicyclic) bond motifs is 8. The highest BCUT2D eigenvalue weighted by Gasteiger charge is 2.59. The van der Waals surface area contributed by atoms with E-state index in [0.29, 0.717) is 11.1 Å². The first-order chi connectivity index (χ1) is 15.2. The van der Waals surface area contributed by atoms with E-state index in [0.717, 1.165) is 32.7 Å². The molecule has 0 amide bonds. The Morgan fingerprint density at radius 3 is 1.77 bits per heavy atom. The predicted molar refractivity (Wildman–Crippen MR) is 121 cm³/mol. The second-order valence-corrected chi connectivity index (χ2v) is 7.58. The van der Waals surface area contributed by atoms with Gasteiger partial charge in [-0.2, -0.15) is 0 Å². The zero-order valence-electron chi connectivity index (χ0n) is 17.5. The Kier molecular flexibility index (Phi) is 4.51. The Hall–Kier alpha value is -3.66. The zero-order chi connectivity index (χ0) is 21.6. The topological polar surface area (TPSA) is 52.6 Å². The minimum atomic E-state index is -1.67. The lowest BCUT2D eigenvalue weighted by atomic mass is 9.75. The van der Waals surface area contributed by atoms with Gasteiger partial charge in [0.2, 0.25) is 5.41 Å². The van der Waals surface area contributed by atoms with Crippen LogP contribution >= 0.6 is 0 Å². The molecule has 0 heterocycles. The van der Waals surface area contributed by atoms with Crippen molar-refractivity contribution < 1.29 is 19.1 Å². The van der Waals surface area contributed by atoms with Crippen LogP contribution in [-0.2, 0) is 24.5 Å². The molecule has 4 nitrogen and oxygen atoms in total. The molecule has 0 atom stereocenters. The molecule has 154 valence electrons. The molecular formula is C27H22O4. The summed E-state index contributed by atoms with van der Waals surface area (Å²) in [6.45, 7) is 3.83. The van der Waals surface area contributed by atoms with Gasteiger partial charge in [-0.25, -0.2) is 0 Å². The molecule has 0 saturated carbocycles. The number of ether oxygens (including phenoxy) is 2. The van der Waals surface area contributed by atoms with Crippen LogP contribution in [0.4, 0.5) is 0 Å². The summed E-state index contributed by atoms with van der Waals surface area (Å²) < 4.78 is 11.1. The maximum Gasteiger partial charge on any atom is 0.332 e. The number of carbonyl (C=O) groups excluding carboxylic acids is 2. The molecule has 0 spiro atoms. The molecular weight excluding hydrogens is 388 g/mol. The fourth-order valence-electron chi connectivity index (χ4n) is 4.96. The van der Waals surface area contributed by atoms with Gasteiger partial charge in [-0.1, -0.05) is 72.8 Å². The highest BCUT2D eigenvalue weighted by Crippen LogP contribution is 2.55. The molecule has 0 N–H and O–H groups in total. The minimum Gasteiger partial charge on any atom is -0.465 e. The van der Waals surface area contributed by atoms with Gasteiger partial charge in [0.05, 0.1) is 13.2 Å². The summed E-state index contributed by atoms with van der Waals surface area (Å²) in [4.78, 5) is 27.3. The van der Waals surface area contributed by atoms with Crippen molar-refractivity contribution in [1.29, 1.82) is 0 Å². The standard InChI is InChI=1S/C27H22O4/c1-3-30-25(28)27(26(29)31-4-2)22-16-10-9-15-21(22)23-19-13-7-5-11-17(19)18-12-6-8-14-20(18)24(23)27/h5-16H,3-4H2,1-2H3. The molecule has 31 heavy (non-hydrogen) atoms. The summed E-state index contributed by atoms with van der Waals surface area (Å²) in [5.41, 5.74) is 1.36. The van der Waals surface area contributed by atoms with E-state index in [2.05, 4.69) is 6.07 Å². The Morgan fingerprint density at radius 1 is 0.677 bits per heavy atom. The van der Waals surface area contributed by atoms with Crippen molar-refractivity contribution in [2.75, 3.05) is 13.2 Å². The van der Waals surface area contributed by atoms with Crippen molar-refractivity contribution in [3.05, 3.63) is 83.9 Å². The van der Waals surface area contributed by atoms with E-state index in [4.69, 9.17) is 9.47 Å². The van der Waals surface area contributed by atoms with Gasteiger partial charge in [0.25, 0.3) is 0 Å². The molecule has 4 aromatic carbocycles. The molecule has 5 rings (SSSR count). The van der Waals surface area contributed by atoms with Crippen molar-refractivity contribution in [3.63, 3.8) is 0 Å².